The number of para-hydroxylation sites is 1. The molecule has 1 aromatic carbocycles. The Kier molecular flexibility index (Phi) is 5.12. The molecule has 114 valence electrons. The van der Waals surface area contributed by atoms with Crippen LogP contribution >= 0.6 is 11.8 Å². The highest BCUT2D eigenvalue weighted by atomic mass is 32.2. The molecule has 2 rings (SSSR count). The quantitative estimate of drug-likeness (QED) is 0.831. The summed E-state index contributed by atoms with van der Waals surface area (Å²) in [6.45, 7) is 2.10. The van der Waals surface area contributed by atoms with E-state index in [2.05, 4.69) is 0 Å². The molecule has 21 heavy (non-hydrogen) atoms. The highest BCUT2D eigenvalue weighted by molar-refractivity contribution is 8.00. The molecule has 0 aromatic heterocycles. The maximum absolute atomic E-state index is 12.3. The van der Waals surface area contributed by atoms with Crippen LogP contribution in [0.15, 0.2) is 24.3 Å². The van der Waals surface area contributed by atoms with Gasteiger partial charge in [-0.25, -0.2) is 0 Å². The number of hydrogen-bond donors (Lipinski definition) is 0. The van der Waals surface area contributed by atoms with E-state index in [-0.39, 0.29) is 24.4 Å². The predicted octanol–water partition coefficient (Wildman–Crippen LogP) is 1.75. The van der Waals surface area contributed by atoms with Gasteiger partial charge in [-0.2, -0.15) is 0 Å². The van der Waals surface area contributed by atoms with Crippen LogP contribution in [0.1, 0.15) is 18.5 Å². The molecule has 1 saturated heterocycles. The lowest BCUT2D eigenvalue weighted by Gasteiger charge is -2.28. The standard InChI is InChI=1S/C15H20N2O3S/c1-11(12-6-4-5-7-13(12)20-3)16(2)14(18)8-17-10-21-9-15(17)19/h4-7,11H,8-10H2,1-3H3/t11-/m0/s1. The van der Waals surface area contributed by atoms with Crippen LogP contribution in [0.3, 0.4) is 0 Å². The van der Waals surface area contributed by atoms with Crippen LogP contribution in [0.4, 0.5) is 0 Å². The van der Waals surface area contributed by atoms with Crippen LogP contribution in [-0.4, -0.2) is 53.9 Å². The summed E-state index contributed by atoms with van der Waals surface area (Å²) in [5.74, 6) is 1.80. The van der Waals surface area contributed by atoms with Gasteiger partial charge in [0.2, 0.25) is 11.8 Å². The minimum Gasteiger partial charge on any atom is -0.496 e. The van der Waals surface area contributed by atoms with Crippen LogP contribution in [0, 0.1) is 0 Å². The van der Waals surface area contributed by atoms with E-state index in [4.69, 9.17) is 4.74 Å². The number of ether oxygens (including phenoxy) is 1. The minimum atomic E-state index is -0.112. The Morgan fingerprint density at radius 2 is 2.19 bits per heavy atom. The summed E-state index contributed by atoms with van der Waals surface area (Å²) in [5, 5.41) is 0. The smallest absolute Gasteiger partial charge is 0.242 e. The lowest BCUT2D eigenvalue weighted by molar-refractivity contribution is -0.138. The van der Waals surface area contributed by atoms with Gasteiger partial charge in [-0.3, -0.25) is 9.59 Å². The Morgan fingerprint density at radius 1 is 1.48 bits per heavy atom. The van der Waals surface area contributed by atoms with Gasteiger partial charge in [-0.05, 0) is 13.0 Å². The summed E-state index contributed by atoms with van der Waals surface area (Å²) in [6.07, 6.45) is 0. The third-order valence-corrected chi connectivity index (χ3v) is 4.66. The predicted molar refractivity (Wildman–Crippen MR) is 83.2 cm³/mol. The molecule has 0 spiro atoms. The fourth-order valence-corrected chi connectivity index (χ4v) is 3.16. The van der Waals surface area contributed by atoms with E-state index < -0.39 is 0 Å². The normalized spacial score (nSPS) is 16.0. The minimum absolute atomic E-state index is 0.0340. The molecule has 1 aliphatic heterocycles. The fourth-order valence-electron chi connectivity index (χ4n) is 2.25. The zero-order chi connectivity index (χ0) is 15.4. The summed E-state index contributed by atoms with van der Waals surface area (Å²) in [4.78, 5) is 27.2. The largest absolute Gasteiger partial charge is 0.496 e. The summed E-state index contributed by atoms with van der Waals surface area (Å²) in [7, 11) is 3.38. The van der Waals surface area contributed by atoms with E-state index in [1.54, 1.807) is 35.7 Å². The maximum atomic E-state index is 12.3. The number of thioether (sulfide) groups is 1. The second-order valence-electron chi connectivity index (χ2n) is 4.99. The van der Waals surface area contributed by atoms with Crippen molar-refractivity contribution in [1.82, 2.24) is 9.80 Å². The first-order chi connectivity index (χ1) is 10.0. The molecule has 0 radical (unpaired) electrons. The molecule has 0 N–H and O–H groups in total. The molecule has 1 atom stereocenters. The Bertz CT molecular complexity index is 535. The Labute approximate surface area is 129 Å². The van der Waals surface area contributed by atoms with E-state index in [0.717, 1.165) is 11.3 Å². The fraction of sp³-hybridized carbons (Fsp3) is 0.467. The molecule has 6 heteroatoms. The Hall–Kier alpha value is -1.69. The molecule has 1 aliphatic rings. The number of likely N-dealkylation sites (N-methyl/N-ethyl adjacent to an activating group) is 1. The van der Waals surface area contributed by atoms with Gasteiger partial charge < -0.3 is 14.5 Å². The molecule has 1 fully saturated rings. The molecule has 0 bridgehead atoms. The lowest BCUT2D eigenvalue weighted by Crippen LogP contribution is -2.40. The highest BCUT2D eigenvalue weighted by Gasteiger charge is 2.26. The number of benzene rings is 1. The topological polar surface area (TPSA) is 49.9 Å². The van der Waals surface area contributed by atoms with Crippen LogP contribution in [0.2, 0.25) is 0 Å². The second kappa shape index (κ2) is 6.85. The zero-order valence-electron chi connectivity index (χ0n) is 12.5. The van der Waals surface area contributed by atoms with Gasteiger partial charge in [-0.15, -0.1) is 11.8 Å². The van der Waals surface area contributed by atoms with Crippen molar-refractivity contribution in [3.63, 3.8) is 0 Å². The van der Waals surface area contributed by atoms with Crippen LogP contribution in [0.5, 0.6) is 5.75 Å². The first-order valence-electron chi connectivity index (χ1n) is 6.78. The molecular formula is C15H20N2O3S. The van der Waals surface area contributed by atoms with Crippen LogP contribution in [0.25, 0.3) is 0 Å². The molecule has 5 nitrogen and oxygen atoms in total. The van der Waals surface area contributed by atoms with Crippen molar-refractivity contribution in [1.29, 1.82) is 0 Å². The highest BCUT2D eigenvalue weighted by Crippen LogP contribution is 2.28. The number of amides is 2. The number of rotatable bonds is 5. The third-order valence-electron chi connectivity index (χ3n) is 3.71. The van der Waals surface area contributed by atoms with Crippen LogP contribution < -0.4 is 4.74 Å². The molecule has 0 aliphatic carbocycles. The molecular weight excluding hydrogens is 288 g/mol. The van der Waals surface area contributed by atoms with Gasteiger partial charge in [0.05, 0.1) is 24.8 Å². The first kappa shape index (κ1) is 15.7. The van der Waals surface area contributed by atoms with Gasteiger partial charge in [0.25, 0.3) is 0 Å². The molecule has 0 saturated carbocycles. The van der Waals surface area contributed by atoms with Crippen molar-refractivity contribution in [3.8, 4) is 5.75 Å². The second-order valence-corrected chi connectivity index (χ2v) is 5.95. The first-order valence-corrected chi connectivity index (χ1v) is 7.94. The van der Waals surface area contributed by atoms with E-state index in [1.807, 2.05) is 31.2 Å². The number of methoxy groups -OCH3 is 1. The molecule has 1 heterocycles. The van der Waals surface area contributed by atoms with Crippen molar-refractivity contribution in [3.05, 3.63) is 29.8 Å². The monoisotopic (exact) mass is 308 g/mol. The average molecular weight is 308 g/mol. The summed E-state index contributed by atoms with van der Waals surface area (Å²) in [5.41, 5.74) is 0.956. The zero-order valence-corrected chi connectivity index (χ0v) is 13.4. The van der Waals surface area contributed by atoms with Crippen molar-refractivity contribution in [2.45, 2.75) is 13.0 Å². The van der Waals surface area contributed by atoms with Gasteiger partial charge >= 0.3 is 0 Å². The number of hydrogen-bond acceptors (Lipinski definition) is 4. The van der Waals surface area contributed by atoms with Crippen molar-refractivity contribution in [2.75, 3.05) is 32.3 Å². The Morgan fingerprint density at radius 3 is 2.81 bits per heavy atom. The van der Waals surface area contributed by atoms with Gasteiger partial charge in [-0.1, -0.05) is 18.2 Å². The van der Waals surface area contributed by atoms with E-state index in [9.17, 15) is 9.59 Å². The summed E-state index contributed by atoms with van der Waals surface area (Å²) in [6, 6.07) is 7.54. The maximum Gasteiger partial charge on any atom is 0.242 e. The molecule has 0 unspecified atom stereocenters. The van der Waals surface area contributed by atoms with Gasteiger partial charge in [0.15, 0.2) is 0 Å². The van der Waals surface area contributed by atoms with E-state index in [0.29, 0.717) is 11.6 Å². The third kappa shape index (κ3) is 3.50. The van der Waals surface area contributed by atoms with Crippen LogP contribution in [-0.2, 0) is 9.59 Å². The van der Waals surface area contributed by atoms with Crippen molar-refractivity contribution >= 4 is 23.6 Å². The van der Waals surface area contributed by atoms with E-state index >= 15 is 0 Å². The summed E-state index contributed by atoms with van der Waals surface area (Å²) < 4.78 is 5.34. The number of carbonyl (C=O) groups excluding carboxylic acids is 2. The van der Waals surface area contributed by atoms with Crippen molar-refractivity contribution < 1.29 is 14.3 Å². The molecule has 1 aromatic rings. The van der Waals surface area contributed by atoms with E-state index in [1.165, 1.54) is 0 Å². The van der Waals surface area contributed by atoms with Gasteiger partial charge in [0.1, 0.15) is 12.3 Å². The average Bonchev–Trinajstić information content (AvgIpc) is 2.90. The molecule has 2 amide bonds. The summed E-state index contributed by atoms with van der Waals surface area (Å²) >= 11 is 1.54. The SMILES string of the molecule is COc1ccccc1[C@H](C)N(C)C(=O)CN1CSCC1=O. The number of nitrogens with zero attached hydrogens (tertiary/aromatic N) is 2. The van der Waals surface area contributed by atoms with Gasteiger partial charge in [0, 0.05) is 12.6 Å². The Balaban J connectivity index is 2.06. The number of carbonyl (C=O) groups is 2. The van der Waals surface area contributed by atoms with Crippen molar-refractivity contribution in [2.24, 2.45) is 0 Å². The lowest BCUT2D eigenvalue weighted by atomic mass is 10.1.